The maximum Gasteiger partial charge on any atom is 0.264 e. The van der Waals surface area contributed by atoms with Gasteiger partial charge in [0.25, 0.3) is 10.0 Å². The normalized spacial score (nSPS) is 12.4. The van der Waals surface area contributed by atoms with Crippen LogP contribution in [0.4, 0.5) is 5.69 Å². The molecule has 3 rings (SSSR count). The predicted octanol–water partition coefficient (Wildman–Crippen LogP) is 5.62. The average molecular weight is 594 g/mol. The van der Waals surface area contributed by atoms with Crippen LogP contribution in [0.5, 0.6) is 5.75 Å². The number of sulfonamides is 1. The van der Waals surface area contributed by atoms with Crippen molar-refractivity contribution in [3.05, 3.63) is 89.5 Å². The van der Waals surface area contributed by atoms with Crippen LogP contribution in [0.25, 0.3) is 0 Å². The minimum absolute atomic E-state index is 0.0511. The van der Waals surface area contributed by atoms with E-state index >= 15 is 0 Å². The first-order valence-electron chi connectivity index (χ1n) is 14.3. The zero-order valence-electron chi connectivity index (χ0n) is 25.7. The lowest BCUT2D eigenvalue weighted by Gasteiger charge is -2.35. The first-order chi connectivity index (χ1) is 19.8. The maximum atomic E-state index is 14.3. The van der Waals surface area contributed by atoms with Gasteiger partial charge in [0.15, 0.2) is 0 Å². The molecule has 0 fully saturated rings. The number of carbonyl (C=O) groups is 2. The van der Waals surface area contributed by atoms with Crippen LogP contribution < -0.4 is 14.4 Å². The standard InChI is InChI=1S/C33H43N3O5S/c1-8-28(32(38)34-33(5,6)7)35(22-26-15-11-10-14-25(26)4)31(37)23-36(29-16-12-13-17-30(29)41-9-2)42(39,40)27-20-18-24(3)19-21-27/h10-21,28H,8-9,22-23H2,1-7H3,(H,34,38)/t28-/m1/s1. The largest absolute Gasteiger partial charge is 0.492 e. The lowest BCUT2D eigenvalue weighted by Crippen LogP contribution is -2.55. The molecule has 0 aliphatic heterocycles. The highest BCUT2D eigenvalue weighted by Gasteiger charge is 2.35. The minimum Gasteiger partial charge on any atom is -0.492 e. The first-order valence-corrected chi connectivity index (χ1v) is 15.7. The molecular formula is C33H43N3O5S. The first kappa shape index (κ1) is 32.7. The predicted molar refractivity (Wildman–Crippen MR) is 167 cm³/mol. The summed E-state index contributed by atoms with van der Waals surface area (Å²) in [7, 11) is -4.20. The molecule has 0 aliphatic carbocycles. The number of rotatable bonds is 12. The van der Waals surface area contributed by atoms with E-state index in [0.717, 1.165) is 21.0 Å². The van der Waals surface area contributed by atoms with Crippen LogP contribution in [0, 0.1) is 13.8 Å². The molecule has 0 heterocycles. The maximum absolute atomic E-state index is 14.3. The molecule has 42 heavy (non-hydrogen) atoms. The zero-order chi connectivity index (χ0) is 31.1. The van der Waals surface area contributed by atoms with Crippen LogP contribution in [0.1, 0.15) is 57.7 Å². The number of nitrogens with zero attached hydrogens (tertiary/aromatic N) is 2. The second-order valence-electron chi connectivity index (χ2n) is 11.3. The van der Waals surface area contributed by atoms with E-state index in [9.17, 15) is 18.0 Å². The molecule has 9 heteroatoms. The van der Waals surface area contributed by atoms with E-state index in [4.69, 9.17) is 4.74 Å². The molecule has 0 radical (unpaired) electrons. The summed E-state index contributed by atoms with van der Waals surface area (Å²) in [4.78, 5) is 29.4. The minimum atomic E-state index is -4.20. The third-order valence-corrected chi connectivity index (χ3v) is 8.58. The number of aryl methyl sites for hydroxylation is 2. The van der Waals surface area contributed by atoms with E-state index in [1.54, 1.807) is 36.4 Å². The molecule has 0 aromatic heterocycles. The number of para-hydroxylation sites is 2. The van der Waals surface area contributed by atoms with Gasteiger partial charge in [-0.2, -0.15) is 0 Å². The lowest BCUT2D eigenvalue weighted by molar-refractivity contribution is -0.141. The van der Waals surface area contributed by atoms with Gasteiger partial charge in [0.2, 0.25) is 11.8 Å². The Labute approximate surface area is 250 Å². The highest BCUT2D eigenvalue weighted by Crippen LogP contribution is 2.33. The number of carbonyl (C=O) groups excluding carboxylic acids is 2. The van der Waals surface area contributed by atoms with Crippen molar-refractivity contribution in [2.75, 3.05) is 17.5 Å². The molecule has 2 amide bonds. The highest BCUT2D eigenvalue weighted by molar-refractivity contribution is 7.92. The summed E-state index contributed by atoms with van der Waals surface area (Å²) in [5, 5.41) is 2.99. The van der Waals surface area contributed by atoms with Crippen molar-refractivity contribution >= 4 is 27.5 Å². The summed E-state index contributed by atoms with van der Waals surface area (Å²) < 4.78 is 35.2. The van der Waals surface area contributed by atoms with Crippen molar-refractivity contribution < 1.29 is 22.7 Å². The second kappa shape index (κ2) is 13.9. The van der Waals surface area contributed by atoms with E-state index in [2.05, 4.69) is 5.32 Å². The molecule has 0 bridgehead atoms. The van der Waals surface area contributed by atoms with Crippen LogP contribution >= 0.6 is 0 Å². The fraction of sp³-hybridized carbons (Fsp3) is 0.394. The van der Waals surface area contributed by atoms with Crippen LogP contribution in [-0.4, -0.2) is 49.9 Å². The summed E-state index contributed by atoms with van der Waals surface area (Å²) in [6.07, 6.45) is 0.347. The van der Waals surface area contributed by atoms with E-state index in [-0.39, 0.29) is 23.0 Å². The van der Waals surface area contributed by atoms with Crippen molar-refractivity contribution in [2.24, 2.45) is 0 Å². The Morgan fingerprint density at radius 3 is 2.12 bits per heavy atom. The topological polar surface area (TPSA) is 96.0 Å². The van der Waals surface area contributed by atoms with Gasteiger partial charge in [0, 0.05) is 12.1 Å². The molecule has 3 aromatic carbocycles. The Morgan fingerprint density at radius 2 is 1.52 bits per heavy atom. The van der Waals surface area contributed by atoms with Crippen LogP contribution in [0.3, 0.4) is 0 Å². The average Bonchev–Trinajstić information content (AvgIpc) is 2.92. The fourth-order valence-corrected chi connectivity index (χ4v) is 6.06. The molecule has 0 saturated heterocycles. The molecule has 3 aromatic rings. The summed E-state index contributed by atoms with van der Waals surface area (Å²) in [5.74, 6) is -0.461. The van der Waals surface area contributed by atoms with E-state index in [1.807, 2.05) is 72.7 Å². The van der Waals surface area contributed by atoms with E-state index < -0.39 is 34.1 Å². The van der Waals surface area contributed by atoms with Gasteiger partial charge in [0.1, 0.15) is 18.3 Å². The van der Waals surface area contributed by atoms with E-state index in [1.165, 1.54) is 17.0 Å². The molecule has 0 unspecified atom stereocenters. The fourth-order valence-electron chi connectivity index (χ4n) is 4.63. The second-order valence-corrected chi connectivity index (χ2v) is 13.2. The Bertz CT molecular complexity index is 1480. The van der Waals surface area contributed by atoms with Crippen molar-refractivity contribution in [1.82, 2.24) is 10.2 Å². The number of amides is 2. The van der Waals surface area contributed by atoms with Gasteiger partial charge in [-0.05, 0) is 83.4 Å². The number of anilines is 1. The quantitative estimate of drug-likeness (QED) is 0.294. The summed E-state index contributed by atoms with van der Waals surface area (Å²) >= 11 is 0. The Morgan fingerprint density at radius 1 is 0.905 bits per heavy atom. The third kappa shape index (κ3) is 8.12. The SMILES string of the molecule is CCOc1ccccc1N(CC(=O)N(Cc1ccccc1C)[C@H](CC)C(=O)NC(C)(C)C)S(=O)(=O)c1ccc(C)cc1. The zero-order valence-corrected chi connectivity index (χ0v) is 26.5. The summed E-state index contributed by atoms with van der Waals surface area (Å²) in [6.45, 7) is 13.1. The molecule has 1 atom stereocenters. The van der Waals surface area contributed by atoms with Crippen molar-refractivity contribution in [2.45, 2.75) is 77.9 Å². The Kier molecular flexibility index (Phi) is 10.8. The number of benzene rings is 3. The number of hydrogen-bond acceptors (Lipinski definition) is 5. The van der Waals surface area contributed by atoms with Crippen molar-refractivity contribution in [3.8, 4) is 5.75 Å². The Balaban J connectivity index is 2.13. The lowest BCUT2D eigenvalue weighted by atomic mass is 10.0. The molecule has 1 N–H and O–H groups in total. The van der Waals surface area contributed by atoms with Gasteiger partial charge in [-0.1, -0.05) is 61.0 Å². The third-order valence-electron chi connectivity index (χ3n) is 6.81. The summed E-state index contributed by atoms with van der Waals surface area (Å²) in [5.41, 5.74) is 2.48. The molecule has 0 aliphatic rings. The van der Waals surface area contributed by atoms with Crippen LogP contribution in [-0.2, 0) is 26.2 Å². The van der Waals surface area contributed by atoms with Crippen molar-refractivity contribution in [1.29, 1.82) is 0 Å². The molecular weight excluding hydrogens is 550 g/mol. The number of hydrogen-bond donors (Lipinski definition) is 1. The van der Waals surface area contributed by atoms with Crippen LogP contribution in [0.15, 0.2) is 77.7 Å². The number of ether oxygens (including phenoxy) is 1. The molecule has 0 spiro atoms. The monoisotopic (exact) mass is 593 g/mol. The van der Waals surface area contributed by atoms with E-state index in [0.29, 0.717) is 18.8 Å². The van der Waals surface area contributed by atoms with Gasteiger partial charge in [-0.3, -0.25) is 13.9 Å². The Hall–Kier alpha value is -3.85. The van der Waals surface area contributed by atoms with Crippen LogP contribution in [0.2, 0.25) is 0 Å². The van der Waals surface area contributed by atoms with Crippen molar-refractivity contribution in [3.63, 3.8) is 0 Å². The smallest absolute Gasteiger partial charge is 0.264 e. The van der Waals surface area contributed by atoms with Gasteiger partial charge < -0.3 is 15.0 Å². The number of nitrogens with one attached hydrogen (secondary N) is 1. The summed E-state index contributed by atoms with van der Waals surface area (Å²) in [6, 6.07) is 20.1. The molecule has 8 nitrogen and oxygen atoms in total. The molecule has 226 valence electrons. The van der Waals surface area contributed by atoms with Gasteiger partial charge in [-0.25, -0.2) is 8.42 Å². The van der Waals surface area contributed by atoms with Gasteiger partial charge in [0.05, 0.1) is 17.2 Å². The van der Waals surface area contributed by atoms with Gasteiger partial charge in [-0.15, -0.1) is 0 Å². The van der Waals surface area contributed by atoms with Gasteiger partial charge >= 0.3 is 0 Å². The highest BCUT2D eigenvalue weighted by atomic mass is 32.2. The molecule has 0 saturated carbocycles.